The topological polar surface area (TPSA) is 43.0 Å². The molecule has 0 N–H and O–H groups in total. The first-order chi connectivity index (χ1) is 24.0. The van der Waals surface area contributed by atoms with Crippen LogP contribution < -0.4 is 0 Å². The van der Waals surface area contributed by atoms with Crippen molar-refractivity contribution in [1.29, 1.82) is 0 Å². The van der Waals surface area contributed by atoms with Crippen molar-refractivity contribution in [2.75, 3.05) is 0 Å². The van der Waals surface area contributed by atoms with Crippen LogP contribution in [0.2, 0.25) is 0 Å². The molecule has 1 aliphatic carbocycles. The third kappa shape index (κ3) is 4.63. The molecule has 0 saturated carbocycles. The molecular weight excluding hydrogens is 597 g/mol. The highest BCUT2D eigenvalue weighted by Crippen LogP contribution is 2.53. The van der Waals surface area contributed by atoms with E-state index in [4.69, 9.17) is 21.5 Å². The number of hydrogen-bond donors (Lipinski definition) is 0. The number of aromatic nitrogens is 3. The van der Waals surface area contributed by atoms with Crippen LogP contribution >= 0.6 is 0 Å². The van der Waals surface area contributed by atoms with E-state index in [0.717, 1.165) is 49.4 Å². The Kier molecular flexibility index (Phi) is 6.50. The molecule has 0 saturated heterocycles. The maximum Gasteiger partial charge on any atom is 0.187 e. The quantitative estimate of drug-likeness (QED) is 0.183. The Balaban J connectivity index is 1.25. The molecule has 4 heteroatoms. The third-order valence-electron chi connectivity index (χ3n) is 9.94. The Morgan fingerprint density at radius 2 is 1.02 bits per heavy atom. The van der Waals surface area contributed by atoms with Gasteiger partial charge in [-0.3, -0.25) is 0 Å². The first kappa shape index (κ1) is 28.8. The molecule has 0 aliphatic heterocycles. The Morgan fingerprint density at radius 1 is 0.469 bits per heavy atom. The van der Waals surface area contributed by atoms with Crippen molar-refractivity contribution in [3.8, 4) is 56.4 Å². The lowest BCUT2D eigenvalue weighted by molar-refractivity contribution is 0.661. The lowest BCUT2D eigenvalue weighted by atomic mass is 9.82. The summed E-state index contributed by atoms with van der Waals surface area (Å²) in [7, 11) is 0. The molecule has 1 aliphatic rings. The summed E-state index contributed by atoms with van der Waals surface area (Å²) in [5, 5.41) is 4.48. The highest BCUT2D eigenvalue weighted by molar-refractivity contribution is 5.98. The van der Waals surface area contributed by atoms with Gasteiger partial charge in [-0.15, -0.1) is 0 Å². The van der Waals surface area contributed by atoms with Crippen molar-refractivity contribution in [3.63, 3.8) is 0 Å². The molecule has 0 bridgehead atoms. The summed E-state index contributed by atoms with van der Waals surface area (Å²) in [5.74, 6) is 1.90. The Labute approximate surface area is 285 Å². The maximum absolute atomic E-state index is 7.61. The second-order valence-electron chi connectivity index (χ2n) is 13.1. The average molecular weight is 627 g/mol. The van der Waals surface area contributed by atoms with E-state index < -0.39 is 0 Å². The van der Waals surface area contributed by atoms with Crippen molar-refractivity contribution < 1.29 is 0 Å². The summed E-state index contributed by atoms with van der Waals surface area (Å²) in [5.41, 5.74) is 10.4. The van der Waals surface area contributed by atoms with Crippen molar-refractivity contribution in [2.45, 2.75) is 19.3 Å². The van der Waals surface area contributed by atoms with E-state index in [1.165, 1.54) is 22.3 Å². The molecule has 1 aromatic heterocycles. The third-order valence-corrected chi connectivity index (χ3v) is 9.94. The zero-order valence-corrected chi connectivity index (χ0v) is 27.1. The smallest absolute Gasteiger partial charge is 0.187 e. The molecule has 230 valence electrons. The fourth-order valence-corrected chi connectivity index (χ4v) is 7.50. The molecule has 1 heterocycles. The predicted octanol–water partition coefficient (Wildman–Crippen LogP) is 11.7. The van der Waals surface area contributed by atoms with E-state index in [-0.39, 0.29) is 5.41 Å². The molecule has 9 rings (SSSR count). The number of rotatable bonds is 4. The highest BCUT2D eigenvalue weighted by Gasteiger charge is 2.36. The standard InChI is InChI=1S/C45H30N4/c1-45(2)39-23-11-20-35(41(39)38-25-24-32(46-3)27-40(38)45)30-16-8-17-31(26-30)42-47-43(36-21-9-14-28-12-4-6-18-33(28)36)49-44(48-42)37-22-10-15-29-13-5-7-19-34(29)37/h4-27H,1-2H3. The van der Waals surface area contributed by atoms with Crippen LogP contribution in [0.3, 0.4) is 0 Å². The SMILES string of the molecule is [C-]#[N+]c1ccc2c(c1)C(C)(C)c1cccc(-c3cccc(-c4nc(-c5cccc6ccccc56)nc(-c5cccc6ccccc56)n4)c3)c1-2. The normalized spacial score (nSPS) is 12.8. The Hall–Kier alpha value is -6.44. The molecule has 8 aromatic rings. The van der Waals surface area contributed by atoms with Crippen LogP contribution in [0.15, 0.2) is 146 Å². The summed E-state index contributed by atoms with van der Waals surface area (Å²) in [4.78, 5) is 19.2. The van der Waals surface area contributed by atoms with Gasteiger partial charge in [0.05, 0.1) is 6.57 Å². The molecule has 0 atom stereocenters. The molecule has 0 spiro atoms. The number of nitrogens with zero attached hydrogens (tertiary/aromatic N) is 4. The summed E-state index contributed by atoms with van der Waals surface area (Å²) in [6.45, 7) is 12.1. The van der Waals surface area contributed by atoms with E-state index in [2.05, 4.69) is 158 Å². The molecule has 0 fully saturated rings. The minimum atomic E-state index is -0.214. The molecular formula is C45H30N4. The largest absolute Gasteiger partial charge is 0.238 e. The Bertz CT molecular complexity index is 2550. The van der Waals surface area contributed by atoms with E-state index in [1.54, 1.807) is 0 Å². The monoisotopic (exact) mass is 626 g/mol. The number of benzene rings is 7. The molecule has 7 aromatic carbocycles. The summed E-state index contributed by atoms with van der Waals surface area (Å²) >= 11 is 0. The van der Waals surface area contributed by atoms with Crippen LogP contribution in [-0.4, -0.2) is 15.0 Å². The predicted molar refractivity (Wildman–Crippen MR) is 200 cm³/mol. The Morgan fingerprint density at radius 3 is 1.69 bits per heavy atom. The van der Waals surface area contributed by atoms with Gasteiger partial charge in [0.15, 0.2) is 23.2 Å². The zero-order chi connectivity index (χ0) is 33.1. The molecule has 49 heavy (non-hydrogen) atoms. The second kappa shape index (κ2) is 11.1. The fraction of sp³-hybridized carbons (Fsp3) is 0.0667. The van der Waals surface area contributed by atoms with Crippen molar-refractivity contribution >= 4 is 27.2 Å². The van der Waals surface area contributed by atoms with Crippen LogP contribution in [0.1, 0.15) is 25.0 Å². The van der Waals surface area contributed by atoms with Crippen LogP contribution in [0, 0.1) is 6.57 Å². The number of hydrogen-bond acceptors (Lipinski definition) is 3. The van der Waals surface area contributed by atoms with Gasteiger partial charge in [-0.2, -0.15) is 0 Å². The second-order valence-corrected chi connectivity index (χ2v) is 13.1. The first-order valence-electron chi connectivity index (χ1n) is 16.5. The van der Waals surface area contributed by atoms with Gasteiger partial charge >= 0.3 is 0 Å². The van der Waals surface area contributed by atoms with Crippen molar-refractivity contribution in [1.82, 2.24) is 15.0 Å². The zero-order valence-electron chi connectivity index (χ0n) is 27.1. The van der Waals surface area contributed by atoms with Crippen molar-refractivity contribution in [3.05, 3.63) is 168 Å². The van der Waals surface area contributed by atoms with E-state index in [1.807, 2.05) is 6.07 Å². The minimum Gasteiger partial charge on any atom is -0.238 e. The van der Waals surface area contributed by atoms with Gasteiger partial charge in [-0.25, -0.2) is 19.8 Å². The van der Waals surface area contributed by atoms with E-state index in [0.29, 0.717) is 23.2 Å². The molecule has 4 nitrogen and oxygen atoms in total. The highest BCUT2D eigenvalue weighted by atomic mass is 15.0. The van der Waals surface area contributed by atoms with Crippen molar-refractivity contribution in [2.24, 2.45) is 0 Å². The summed E-state index contributed by atoms with van der Waals surface area (Å²) in [6, 6.07) is 50.5. The molecule has 0 unspecified atom stereocenters. The van der Waals surface area contributed by atoms with Crippen LogP contribution in [0.4, 0.5) is 5.69 Å². The van der Waals surface area contributed by atoms with Gasteiger partial charge in [0, 0.05) is 22.1 Å². The maximum atomic E-state index is 7.61. The van der Waals surface area contributed by atoms with Gasteiger partial charge in [0.1, 0.15) is 0 Å². The molecule has 0 amide bonds. The van der Waals surface area contributed by atoms with Crippen LogP contribution in [0.5, 0.6) is 0 Å². The first-order valence-corrected chi connectivity index (χ1v) is 16.5. The van der Waals surface area contributed by atoms with Gasteiger partial charge < -0.3 is 0 Å². The average Bonchev–Trinajstić information content (AvgIpc) is 3.39. The number of fused-ring (bicyclic) bond motifs is 5. The van der Waals surface area contributed by atoms with Crippen LogP contribution in [0.25, 0.3) is 82.8 Å². The van der Waals surface area contributed by atoms with Gasteiger partial charge in [-0.05, 0) is 61.0 Å². The molecule has 0 radical (unpaired) electrons. The lowest BCUT2D eigenvalue weighted by Gasteiger charge is -2.22. The van der Waals surface area contributed by atoms with Gasteiger partial charge in [0.25, 0.3) is 0 Å². The fourth-order valence-electron chi connectivity index (χ4n) is 7.50. The van der Waals surface area contributed by atoms with Gasteiger partial charge in [0.2, 0.25) is 0 Å². The minimum absolute atomic E-state index is 0.214. The summed E-state index contributed by atoms with van der Waals surface area (Å²) in [6.07, 6.45) is 0. The van der Waals surface area contributed by atoms with Gasteiger partial charge in [-0.1, -0.05) is 153 Å². The van der Waals surface area contributed by atoms with E-state index in [9.17, 15) is 0 Å². The van der Waals surface area contributed by atoms with Crippen LogP contribution in [-0.2, 0) is 5.41 Å². The van der Waals surface area contributed by atoms with E-state index >= 15 is 0 Å². The lowest BCUT2D eigenvalue weighted by Crippen LogP contribution is -2.14. The summed E-state index contributed by atoms with van der Waals surface area (Å²) < 4.78 is 0.